The number of aromatic nitrogens is 3. The topological polar surface area (TPSA) is 99.2 Å². The third kappa shape index (κ3) is 4.71. The van der Waals surface area contributed by atoms with E-state index in [9.17, 15) is 9.59 Å². The summed E-state index contributed by atoms with van der Waals surface area (Å²) >= 11 is 0. The van der Waals surface area contributed by atoms with Crippen LogP contribution in [0, 0.1) is 27.7 Å². The lowest BCUT2D eigenvalue weighted by Crippen LogP contribution is -2.30. The minimum atomic E-state index is -1.00. The largest absolute Gasteiger partial charge is 0.449 e. The molecule has 8 heteroatoms. The number of amides is 1. The molecule has 3 aromatic rings. The molecule has 1 aromatic carbocycles. The summed E-state index contributed by atoms with van der Waals surface area (Å²) < 4.78 is 12.0. The van der Waals surface area contributed by atoms with Gasteiger partial charge in [0.15, 0.2) is 11.9 Å². The molecule has 29 heavy (non-hydrogen) atoms. The van der Waals surface area contributed by atoms with Gasteiger partial charge in [0.05, 0.1) is 17.9 Å². The molecule has 1 amide bonds. The van der Waals surface area contributed by atoms with Crippen LogP contribution in [0.4, 0.5) is 5.82 Å². The first kappa shape index (κ1) is 20.3. The molecule has 1 N–H and O–H groups in total. The van der Waals surface area contributed by atoms with Gasteiger partial charge in [-0.3, -0.25) is 9.48 Å². The van der Waals surface area contributed by atoms with Gasteiger partial charge in [-0.2, -0.15) is 5.10 Å². The highest BCUT2D eigenvalue weighted by molar-refractivity contribution is 5.97. The Morgan fingerprint density at radius 3 is 2.48 bits per heavy atom. The van der Waals surface area contributed by atoms with Crippen LogP contribution in [0.1, 0.15) is 45.6 Å². The van der Waals surface area contributed by atoms with Crippen molar-refractivity contribution >= 4 is 17.7 Å². The van der Waals surface area contributed by atoms with Gasteiger partial charge >= 0.3 is 5.97 Å². The van der Waals surface area contributed by atoms with Gasteiger partial charge in [-0.1, -0.05) is 35.0 Å². The van der Waals surface area contributed by atoms with Gasteiger partial charge in [0.25, 0.3) is 5.91 Å². The van der Waals surface area contributed by atoms with E-state index in [1.807, 2.05) is 38.1 Å². The van der Waals surface area contributed by atoms with Gasteiger partial charge in [-0.05, 0) is 40.2 Å². The zero-order valence-electron chi connectivity index (χ0n) is 17.1. The van der Waals surface area contributed by atoms with Gasteiger partial charge in [-0.15, -0.1) is 0 Å². The maximum atomic E-state index is 12.7. The fourth-order valence-corrected chi connectivity index (χ4v) is 2.94. The molecular formula is C21H24N4O4. The molecule has 0 radical (unpaired) electrons. The molecule has 2 aromatic heterocycles. The number of benzene rings is 1. The number of anilines is 1. The standard InChI is InChI=1S/C21H24N4O4/c1-12-6-8-17(9-7-12)11-25-15(4)19(14(3)23-25)21(27)28-16(5)20(26)22-18-10-13(2)29-24-18/h6-10,16H,11H2,1-5H3,(H,22,24,26)/t16-/m1/s1. The third-order valence-corrected chi connectivity index (χ3v) is 4.57. The monoisotopic (exact) mass is 396 g/mol. The number of hydrogen-bond donors (Lipinski definition) is 1. The summed E-state index contributed by atoms with van der Waals surface area (Å²) in [6.07, 6.45) is -1.00. The van der Waals surface area contributed by atoms with E-state index in [0.717, 1.165) is 5.56 Å². The highest BCUT2D eigenvalue weighted by Crippen LogP contribution is 2.18. The summed E-state index contributed by atoms with van der Waals surface area (Å²) in [4.78, 5) is 24.9. The Morgan fingerprint density at radius 2 is 1.86 bits per heavy atom. The fraction of sp³-hybridized carbons (Fsp3) is 0.333. The quantitative estimate of drug-likeness (QED) is 0.642. The molecule has 0 aliphatic rings. The van der Waals surface area contributed by atoms with E-state index < -0.39 is 18.0 Å². The molecule has 0 saturated carbocycles. The van der Waals surface area contributed by atoms with Gasteiger partial charge in [0.1, 0.15) is 11.3 Å². The van der Waals surface area contributed by atoms with Crippen LogP contribution in [-0.4, -0.2) is 32.9 Å². The minimum Gasteiger partial charge on any atom is -0.449 e. The normalized spacial score (nSPS) is 11.9. The van der Waals surface area contributed by atoms with Crippen molar-refractivity contribution in [2.45, 2.75) is 47.3 Å². The van der Waals surface area contributed by atoms with Gasteiger partial charge < -0.3 is 14.6 Å². The number of hydrogen-bond acceptors (Lipinski definition) is 6. The molecule has 0 aliphatic carbocycles. The molecule has 0 unspecified atom stereocenters. The molecule has 0 bridgehead atoms. The van der Waals surface area contributed by atoms with Crippen molar-refractivity contribution < 1.29 is 18.8 Å². The van der Waals surface area contributed by atoms with E-state index in [-0.39, 0.29) is 5.82 Å². The Kier molecular flexibility index (Phi) is 5.81. The van der Waals surface area contributed by atoms with E-state index in [1.165, 1.54) is 12.5 Å². The summed E-state index contributed by atoms with van der Waals surface area (Å²) in [5.41, 5.74) is 3.87. The molecular weight excluding hydrogens is 372 g/mol. The van der Waals surface area contributed by atoms with Crippen LogP contribution in [0.2, 0.25) is 0 Å². The fourth-order valence-electron chi connectivity index (χ4n) is 2.94. The highest BCUT2D eigenvalue weighted by Gasteiger charge is 2.25. The van der Waals surface area contributed by atoms with Crippen molar-refractivity contribution in [2.75, 3.05) is 5.32 Å². The van der Waals surface area contributed by atoms with Gasteiger partial charge in [0, 0.05) is 6.07 Å². The van der Waals surface area contributed by atoms with Crippen LogP contribution in [0.5, 0.6) is 0 Å². The van der Waals surface area contributed by atoms with Crippen LogP contribution in [0.15, 0.2) is 34.9 Å². The molecule has 0 fully saturated rings. The number of carbonyl (C=O) groups is 2. The number of esters is 1. The summed E-state index contributed by atoms with van der Waals surface area (Å²) in [6, 6.07) is 9.71. The number of aryl methyl sites for hydroxylation is 3. The second-order valence-electron chi connectivity index (χ2n) is 7.05. The summed E-state index contributed by atoms with van der Waals surface area (Å²) in [6.45, 7) is 9.35. The van der Waals surface area contributed by atoms with Crippen LogP contribution in [0.25, 0.3) is 0 Å². The van der Waals surface area contributed by atoms with Crippen LogP contribution < -0.4 is 5.32 Å². The molecule has 0 saturated heterocycles. The molecule has 0 spiro atoms. The number of rotatable bonds is 6. The minimum absolute atomic E-state index is 0.272. The zero-order chi connectivity index (χ0) is 21.1. The van der Waals surface area contributed by atoms with Crippen molar-refractivity contribution in [1.82, 2.24) is 14.9 Å². The van der Waals surface area contributed by atoms with Crippen LogP contribution in [0.3, 0.4) is 0 Å². The Bertz CT molecular complexity index is 1030. The van der Waals surface area contributed by atoms with Crippen molar-refractivity contribution in [2.24, 2.45) is 0 Å². The number of nitrogens with one attached hydrogen (secondary N) is 1. The van der Waals surface area contributed by atoms with Crippen molar-refractivity contribution in [3.05, 3.63) is 64.2 Å². The molecule has 8 nitrogen and oxygen atoms in total. The first-order chi connectivity index (χ1) is 13.7. The van der Waals surface area contributed by atoms with Crippen molar-refractivity contribution in [3.63, 3.8) is 0 Å². The summed E-state index contributed by atoms with van der Waals surface area (Å²) in [5.74, 6) is -0.242. The van der Waals surface area contributed by atoms with E-state index >= 15 is 0 Å². The second kappa shape index (κ2) is 8.30. The lowest BCUT2D eigenvalue weighted by Gasteiger charge is -2.12. The Morgan fingerprint density at radius 1 is 1.17 bits per heavy atom. The SMILES string of the molecule is Cc1ccc(Cn2nc(C)c(C(=O)O[C@H](C)C(=O)Nc3cc(C)on3)c2C)cc1. The average molecular weight is 396 g/mol. The Labute approximate surface area is 168 Å². The summed E-state index contributed by atoms with van der Waals surface area (Å²) in [7, 11) is 0. The Hall–Kier alpha value is -3.42. The van der Waals surface area contributed by atoms with E-state index in [0.29, 0.717) is 29.3 Å². The molecule has 1 atom stereocenters. The number of nitrogens with zero attached hydrogens (tertiary/aromatic N) is 3. The molecule has 152 valence electrons. The first-order valence-corrected chi connectivity index (χ1v) is 9.29. The Balaban J connectivity index is 1.69. The van der Waals surface area contributed by atoms with Crippen LogP contribution >= 0.6 is 0 Å². The lowest BCUT2D eigenvalue weighted by atomic mass is 10.1. The maximum absolute atomic E-state index is 12.7. The van der Waals surface area contributed by atoms with Crippen molar-refractivity contribution in [3.8, 4) is 0 Å². The predicted molar refractivity (Wildman–Crippen MR) is 107 cm³/mol. The predicted octanol–water partition coefficient (Wildman–Crippen LogP) is 3.34. The van der Waals surface area contributed by atoms with Crippen LogP contribution in [-0.2, 0) is 16.1 Å². The van der Waals surface area contributed by atoms with E-state index in [2.05, 4.69) is 15.6 Å². The first-order valence-electron chi connectivity index (χ1n) is 9.29. The molecule has 2 heterocycles. The highest BCUT2D eigenvalue weighted by atomic mass is 16.5. The average Bonchev–Trinajstić information content (AvgIpc) is 3.19. The number of ether oxygens (including phenoxy) is 1. The lowest BCUT2D eigenvalue weighted by molar-refractivity contribution is -0.123. The van der Waals surface area contributed by atoms with E-state index in [4.69, 9.17) is 9.26 Å². The second-order valence-corrected chi connectivity index (χ2v) is 7.05. The molecule has 0 aliphatic heterocycles. The number of carbonyl (C=O) groups excluding carboxylic acids is 2. The van der Waals surface area contributed by atoms with Gasteiger partial charge in [0.2, 0.25) is 0 Å². The van der Waals surface area contributed by atoms with Gasteiger partial charge in [-0.25, -0.2) is 4.79 Å². The smallest absolute Gasteiger partial charge is 0.342 e. The van der Waals surface area contributed by atoms with Crippen molar-refractivity contribution in [1.29, 1.82) is 0 Å². The molecule has 3 rings (SSSR count). The summed E-state index contributed by atoms with van der Waals surface area (Å²) in [5, 5.41) is 10.7. The maximum Gasteiger partial charge on any atom is 0.342 e. The zero-order valence-corrected chi connectivity index (χ0v) is 17.1. The van der Waals surface area contributed by atoms with E-state index in [1.54, 1.807) is 24.6 Å². The third-order valence-electron chi connectivity index (χ3n) is 4.57.